The Morgan fingerprint density at radius 3 is 2.88 bits per heavy atom. The molecule has 88 valence electrons. The van der Waals surface area contributed by atoms with E-state index in [0.29, 0.717) is 22.9 Å². The largest absolute Gasteiger partial charge is 0.497 e. The fourth-order valence-corrected chi connectivity index (χ4v) is 2.05. The van der Waals surface area contributed by atoms with Gasteiger partial charge in [-0.3, -0.25) is 4.79 Å². The maximum absolute atomic E-state index is 11.8. The van der Waals surface area contributed by atoms with Crippen LogP contribution < -0.4 is 10.3 Å². The van der Waals surface area contributed by atoms with E-state index in [1.807, 2.05) is 18.2 Å². The van der Waals surface area contributed by atoms with E-state index in [1.54, 1.807) is 13.2 Å². The molecule has 0 spiro atoms. The number of benzene rings is 1. The van der Waals surface area contributed by atoms with Gasteiger partial charge in [0.25, 0.3) is 5.56 Å². The number of pyridine rings is 1. The lowest BCUT2D eigenvalue weighted by molar-refractivity contribution is 0.415. The van der Waals surface area contributed by atoms with Crippen molar-refractivity contribution in [2.24, 2.45) is 0 Å². The van der Waals surface area contributed by atoms with E-state index in [0.717, 1.165) is 10.8 Å². The van der Waals surface area contributed by atoms with Crippen LogP contribution in [-0.2, 0) is 6.42 Å². The van der Waals surface area contributed by atoms with Gasteiger partial charge >= 0.3 is 0 Å². The molecule has 0 amide bonds. The van der Waals surface area contributed by atoms with E-state index in [-0.39, 0.29) is 5.56 Å². The first-order chi connectivity index (χ1) is 8.17. The summed E-state index contributed by atoms with van der Waals surface area (Å²) in [5, 5.41) is 1.96. The number of rotatable bonds is 3. The van der Waals surface area contributed by atoms with Gasteiger partial charge in [-0.25, -0.2) is 0 Å². The first-order valence-corrected chi connectivity index (χ1v) is 5.54. The van der Waals surface area contributed by atoms with Crippen LogP contribution in [0.4, 0.5) is 0 Å². The summed E-state index contributed by atoms with van der Waals surface area (Å²) in [4.78, 5) is 14.4. The van der Waals surface area contributed by atoms with E-state index in [2.05, 4.69) is 11.6 Å². The van der Waals surface area contributed by atoms with Gasteiger partial charge < -0.3 is 9.72 Å². The smallest absolute Gasteiger partial charge is 0.253 e. The molecule has 0 aliphatic heterocycles. The topological polar surface area (TPSA) is 42.1 Å². The maximum atomic E-state index is 11.8. The number of hydrogen-bond acceptors (Lipinski definition) is 2. The molecule has 0 bridgehead atoms. The molecule has 2 aromatic rings. The fraction of sp³-hybridized carbons (Fsp3) is 0.154. The van der Waals surface area contributed by atoms with E-state index >= 15 is 0 Å². The average Bonchev–Trinajstić information content (AvgIpc) is 2.33. The zero-order valence-corrected chi connectivity index (χ0v) is 10.2. The van der Waals surface area contributed by atoms with Crippen molar-refractivity contribution >= 4 is 22.4 Å². The molecular formula is C13H12ClNO2. The molecule has 0 saturated heterocycles. The first kappa shape index (κ1) is 11.7. The van der Waals surface area contributed by atoms with E-state index in [4.69, 9.17) is 16.3 Å². The van der Waals surface area contributed by atoms with E-state index in [1.165, 1.54) is 0 Å². The number of methoxy groups -OCH3 is 1. The Hall–Kier alpha value is -1.74. The van der Waals surface area contributed by atoms with Gasteiger partial charge in [0, 0.05) is 10.9 Å². The molecule has 0 saturated carbocycles. The number of H-pyrrole nitrogens is 1. The Bertz CT molecular complexity index is 631. The molecule has 17 heavy (non-hydrogen) atoms. The zero-order valence-electron chi connectivity index (χ0n) is 9.42. The number of nitrogens with one attached hydrogen (secondary N) is 1. The lowest BCUT2D eigenvalue weighted by Gasteiger charge is -2.07. The third-order valence-corrected chi connectivity index (χ3v) is 2.93. The van der Waals surface area contributed by atoms with Crippen LogP contribution in [-0.4, -0.2) is 12.1 Å². The number of hydrogen-bond donors (Lipinski definition) is 1. The normalized spacial score (nSPS) is 10.5. The summed E-state index contributed by atoms with van der Waals surface area (Å²) in [6, 6.07) is 5.46. The number of aromatic nitrogens is 1. The lowest BCUT2D eigenvalue weighted by atomic mass is 10.0. The molecule has 1 heterocycles. The molecule has 1 N–H and O–H groups in total. The van der Waals surface area contributed by atoms with Crippen molar-refractivity contribution in [1.29, 1.82) is 0 Å². The molecule has 0 atom stereocenters. The Balaban J connectivity index is 2.85. The van der Waals surface area contributed by atoms with E-state index in [9.17, 15) is 4.79 Å². The molecule has 0 radical (unpaired) electrons. The van der Waals surface area contributed by atoms with Crippen molar-refractivity contribution in [2.75, 3.05) is 7.11 Å². The standard InChI is InChI=1S/C13H12ClNO2/c1-3-4-10-11-7-8(17-2)5-6-9(11)12(14)15-13(10)16/h3,5-7H,1,4H2,2H3,(H,15,16). The van der Waals surface area contributed by atoms with Crippen molar-refractivity contribution in [3.63, 3.8) is 0 Å². The Morgan fingerprint density at radius 2 is 2.24 bits per heavy atom. The summed E-state index contributed by atoms with van der Waals surface area (Å²) in [7, 11) is 1.59. The van der Waals surface area contributed by atoms with E-state index < -0.39 is 0 Å². The van der Waals surface area contributed by atoms with Gasteiger partial charge in [0.05, 0.1) is 7.11 Å². The molecular weight excluding hydrogens is 238 g/mol. The summed E-state index contributed by atoms with van der Waals surface area (Å²) in [5.74, 6) is 0.699. The molecule has 3 nitrogen and oxygen atoms in total. The minimum atomic E-state index is -0.185. The second kappa shape index (κ2) is 4.63. The third-order valence-electron chi connectivity index (χ3n) is 2.63. The second-order valence-electron chi connectivity index (χ2n) is 3.65. The van der Waals surface area contributed by atoms with Gasteiger partial charge in [-0.15, -0.1) is 6.58 Å². The molecule has 0 unspecified atom stereocenters. The van der Waals surface area contributed by atoms with Crippen molar-refractivity contribution < 1.29 is 4.74 Å². The van der Waals surface area contributed by atoms with Crippen LogP contribution in [0.15, 0.2) is 35.6 Å². The lowest BCUT2D eigenvalue weighted by Crippen LogP contribution is -2.12. The number of fused-ring (bicyclic) bond motifs is 1. The van der Waals surface area contributed by atoms with Crippen molar-refractivity contribution in [2.45, 2.75) is 6.42 Å². The first-order valence-electron chi connectivity index (χ1n) is 5.16. The number of halogens is 1. The number of allylic oxidation sites excluding steroid dienone is 1. The van der Waals surface area contributed by atoms with Gasteiger partial charge in [0.15, 0.2) is 0 Å². The molecule has 0 fully saturated rings. The van der Waals surface area contributed by atoms with Crippen molar-refractivity contribution in [3.8, 4) is 5.75 Å². The van der Waals surface area contributed by atoms with Crippen LogP contribution in [0.3, 0.4) is 0 Å². The number of ether oxygens (including phenoxy) is 1. The molecule has 0 aliphatic rings. The van der Waals surface area contributed by atoms with Crippen LogP contribution in [0.1, 0.15) is 5.56 Å². The van der Waals surface area contributed by atoms with Crippen LogP contribution in [0.5, 0.6) is 5.75 Å². The molecule has 1 aromatic carbocycles. The van der Waals surface area contributed by atoms with Crippen molar-refractivity contribution in [1.82, 2.24) is 4.98 Å². The molecule has 1 aromatic heterocycles. The summed E-state index contributed by atoms with van der Waals surface area (Å²) in [6.07, 6.45) is 2.19. The average molecular weight is 250 g/mol. The maximum Gasteiger partial charge on any atom is 0.253 e. The van der Waals surface area contributed by atoms with Crippen LogP contribution >= 0.6 is 11.6 Å². The Morgan fingerprint density at radius 1 is 1.47 bits per heavy atom. The van der Waals surface area contributed by atoms with Crippen molar-refractivity contribution in [3.05, 3.63) is 51.9 Å². The van der Waals surface area contributed by atoms with Crippen LogP contribution in [0.25, 0.3) is 10.8 Å². The fourth-order valence-electron chi connectivity index (χ4n) is 1.80. The highest BCUT2D eigenvalue weighted by molar-refractivity contribution is 6.34. The summed E-state index contributed by atoms with van der Waals surface area (Å²) in [5.41, 5.74) is 0.467. The molecule has 2 rings (SSSR count). The Kier molecular flexibility index (Phi) is 3.20. The predicted octanol–water partition coefficient (Wildman–Crippen LogP) is 2.92. The van der Waals surface area contributed by atoms with Gasteiger partial charge in [-0.05, 0) is 30.0 Å². The van der Waals surface area contributed by atoms with Gasteiger partial charge in [0.1, 0.15) is 10.9 Å². The summed E-state index contributed by atoms with van der Waals surface area (Å²) < 4.78 is 5.15. The highest BCUT2D eigenvalue weighted by Crippen LogP contribution is 2.26. The highest BCUT2D eigenvalue weighted by Gasteiger charge is 2.09. The monoisotopic (exact) mass is 249 g/mol. The SMILES string of the molecule is C=CCc1c(=O)[nH]c(Cl)c2ccc(OC)cc12. The highest BCUT2D eigenvalue weighted by atomic mass is 35.5. The predicted molar refractivity (Wildman–Crippen MR) is 70.0 cm³/mol. The minimum Gasteiger partial charge on any atom is -0.497 e. The minimum absolute atomic E-state index is 0.185. The zero-order chi connectivity index (χ0) is 12.4. The van der Waals surface area contributed by atoms with Gasteiger partial charge in [-0.1, -0.05) is 17.7 Å². The van der Waals surface area contributed by atoms with Gasteiger partial charge in [0.2, 0.25) is 0 Å². The summed E-state index contributed by atoms with van der Waals surface area (Å²) in [6.45, 7) is 3.65. The van der Waals surface area contributed by atoms with Gasteiger partial charge in [-0.2, -0.15) is 0 Å². The quantitative estimate of drug-likeness (QED) is 0.671. The molecule has 0 aliphatic carbocycles. The number of aromatic amines is 1. The molecule has 4 heteroatoms. The van der Waals surface area contributed by atoms with Crippen LogP contribution in [0, 0.1) is 0 Å². The second-order valence-corrected chi connectivity index (χ2v) is 4.03. The van der Waals surface area contributed by atoms with Crippen LogP contribution in [0.2, 0.25) is 5.15 Å². The Labute approximate surface area is 104 Å². The third kappa shape index (κ3) is 2.06. The summed E-state index contributed by atoms with van der Waals surface area (Å²) >= 11 is 6.01.